The predicted molar refractivity (Wildman–Crippen MR) is 84.8 cm³/mol. The van der Waals surface area contributed by atoms with Crippen molar-refractivity contribution in [2.75, 3.05) is 24.5 Å². The van der Waals surface area contributed by atoms with Gasteiger partial charge in [0.25, 0.3) is 6.01 Å². The zero-order chi connectivity index (χ0) is 15.1. The molecule has 1 aromatic carbocycles. The number of thiazole rings is 1. The normalized spacial score (nSPS) is 19.0. The first-order valence-electron chi connectivity index (χ1n) is 7.19. The third-order valence-electron chi connectivity index (χ3n) is 3.85. The Labute approximate surface area is 130 Å². The molecule has 0 spiro atoms. The van der Waals surface area contributed by atoms with Gasteiger partial charge < -0.3 is 14.6 Å². The van der Waals surface area contributed by atoms with Crippen molar-refractivity contribution in [3.63, 3.8) is 0 Å². The van der Waals surface area contributed by atoms with Crippen molar-refractivity contribution in [2.45, 2.75) is 13.0 Å². The molecule has 114 valence electrons. The standard InChI is InChI=1S/C15H15FN4OS/c1-9-8-17-2-4-20(9)15-19-12-7-10(16)6-11(13(12)21-15)14-18-3-5-22-14/h3,5-7,9,17H,2,4,8H2,1H3/t9-/m0/s1. The van der Waals surface area contributed by atoms with Crippen LogP contribution in [0.25, 0.3) is 21.7 Å². The van der Waals surface area contributed by atoms with Gasteiger partial charge in [0.05, 0.1) is 5.56 Å². The van der Waals surface area contributed by atoms with Gasteiger partial charge in [-0.05, 0) is 13.0 Å². The van der Waals surface area contributed by atoms with Gasteiger partial charge in [-0.3, -0.25) is 0 Å². The van der Waals surface area contributed by atoms with Crippen LogP contribution in [0.3, 0.4) is 0 Å². The topological polar surface area (TPSA) is 54.2 Å². The third-order valence-corrected chi connectivity index (χ3v) is 4.66. The molecule has 7 heteroatoms. The predicted octanol–water partition coefficient (Wildman–Crippen LogP) is 2.89. The zero-order valence-corrected chi connectivity index (χ0v) is 12.9. The monoisotopic (exact) mass is 318 g/mol. The van der Waals surface area contributed by atoms with E-state index in [4.69, 9.17) is 4.42 Å². The first-order valence-corrected chi connectivity index (χ1v) is 8.07. The molecule has 0 unspecified atom stereocenters. The first-order chi connectivity index (χ1) is 10.7. The van der Waals surface area contributed by atoms with Crippen molar-refractivity contribution in [1.29, 1.82) is 0 Å². The number of fused-ring (bicyclic) bond motifs is 1. The van der Waals surface area contributed by atoms with Crippen LogP contribution >= 0.6 is 11.3 Å². The van der Waals surface area contributed by atoms with Gasteiger partial charge in [-0.1, -0.05) is 0 Å². The van der Waals surface area contributed by atoms with E-state index in [1.807, 2.05) is 5.38 Å². The number of anilines is 1. The van der Waals surface area contributed by atoms with Crippen molar-refractivity contribution < 1.29 is 8.81 Å². The van der Waals surface area contributed by atoms with Gasteiger partial charge in [0, 0.05) is 43.3 Å². The van der Waals surface area contributed by atoms with E-state index in [0.717, 1.165) is 24.6 Å². The second-order valence-electron chi connectivity index (χ2n) is 5.38. The van der Waals surface area contributed by atoms with Gasteiger partial charge >= 0.3 is 0 Å². The Balaban J connectivity index is 1.85. The summed E-state index contributed by atoms with van der Waals surface area (Å²) < 4.78 is 19.9. The number of halogens is 1. The minimum Gasteiger partial charge on any atom is -0.423 e. The van der Waals surface area contributed by atoms with Crippen LogP contribution in [-0.4, -0.2) is 35.6 Å². The number of oxazole rings is 1. The molecular weight excluding hydrogens is 303 g/mol. The summed E-state index contributed by atoms with van der Waals surface area (Å²) in [7, 11) is 0. The number of hydrogen-bond donors (Lipinski definition) is 1. The lowest BCUT2D eigenvalue weighted by molar-refractivity contribution is 0.456. The molecule has 1 aliphatic rings. The fourth-order valence-corrected chi connectivity index (χ4v) is 3.40. The molecule has 4 rings (SSSR count). The molecule has 0 bridgehead atoms. The number of nitrogens with one attached hydrogen (secondary N) is 1. The number of aromatic nitrogens is 2. The van der Waals surface area contributed by atoms with E-state index in [1.165, 1.54) is 23.5 Å². The summed E-state index contributed by atoms with van der Waals surface area (Å²) in [4.78, 5) is 10.9. The van der Waals surface area contributed by atoms with Gasteiger partial charge in [0.1, 0.15) is 16.3 Å². The molecule has 1 atom stereocenters. The molecule has 2 aromatic heterocycles. The van der Waals surface area contributed by atoms with E-state index < -0.39 is 0 Å². The molecule has 0 aliphatic carbocycles. The van der Waals surface area contributed by atoms with Gasteiger partial charge in [0.2, 0.25) is 0 Å². The second-order valence-corrected chi connectivity index (χ2v) is 6.28. The average Bonchev–Trinajstić information content (AvgIpc) is 3.15. The largest absolute Gasteiger partial charge is 0.423 e. The molecule has 0 radical (unpaired) electrons. The lowest BCUT2D eigenvalue weighted by atomic mass is 10.2. The highest BCUT2D eigenvalue weighted by molar-refractivity contribution is 7.13. The maximum absolute atomic E-state index is 13.9. The van der Waals surface area contributed by atoms with Crippen molar-refractivity contribution in [3.05, 3.63) is 29.5 Å². The van der Waals surface area contributed by atoms with Crippen LogP contribution in [0.4, 0.5) is 10.4 Å². The number of rotatable bonds is 2. The van der Waals surface area contributed by atoms with Gasteiger partial charge in [0.15, 0.2) is 5.58 Å². The van der Waals surface area contributed by atoms with Crippen molar-refractivity contribution >= 4 is 28.5 Å². The van der Waals surface area contributed by atoms with Crippen LogP contribution in [0.15, 0.2) is 28.1 Å². The molecule has 3 heterocycles. The summed E-state index contributed by atoms with van der Waals surface area (Å²) in [6, 6.07) is 3.70. The molecule has 1 fully saturated rings. The van der Waals surface area contributed by atoms with E-state index in [9.17, 15) is 4.39 Å². The number of nitrogens with zero attached hydrogens (tertiary/aromatic N) is 3. The Bertz CT molecular complexity index is 801. The summed E-state index contributed by atoms with van der Waals surface area (Å²) in [5, 5.41) is 5.93. The van der Waals surface area contributed by atoms with Crippen LogP contribution in [0.5, 0.6) is 0 Å². The average molecular weight is 318 g/mol. The smallest absolute Gasteiger partial charge is 0.298 e. The Morgan fingerprint density at radius 3 is 3.14 bits per heavy atom. The maximum Gasteiger partial charge on any atom is 0.298 e. The summed E-state index contributed by atoms with van der Waals surface area (Å²) in [5.74, 6) is -0.328. The van der Waals surface area contributed by atoms with E-state index in [1.54, 1.807) is 6.20 Å². The first kappa shape index (κ1) is 13.7. The fourth-order valence-electron chi connectivity index (χ4n) is 2.75. The van der Waals surface area contributed by atoms with Gasteiger partial charge in [-0.25, -0.2) is 9.37 Å². The third kappa shape index (κ3) is 2.26. The van der Waals surface area contributed by atoms with E-state index in [2.05, 4.69) is 27.1 Å². The fraction of sp³-hybridized carbons (Fsp3) is 0.333. The maximum atomic E-state index is 13.9. The second kappa shape index (κ2) is 5.33. The molecule has 5 nitrogen and oxygen atoms in total. The van der Waals surface area contributed by atoms with Gasteiger partial charge in [-0.15, -0.1) is 11.3 Å². The summed E-state index contributed by atoms with van der Waals surface area (Å²) >= 11 is 1.46. The number of hydrogen-bond acceptors (Lipinski definition) is 6. The Hall–Kier alpha value is -1.99. The molecule has 1 saturated heterocycles. The van der Waals surface area contributed by atoms with Crippen LogP contribution in [0.1, 0.15) is 6.92 Å². The highest BCUT2D eigenvalue weighted by atomic mass is 32.1. The Morgan fingerprint density at radius 2 is 2.36 bits per heavy atom. The van der Waals surface area contributed by atoms with Crippen LogP contribution in [0, 0.1) is 5.82 Å². The van der Waals surface area contributed by atoms with Crippen molar-refractivity contribution in [3.8, 4) is 10.6 Å². The van der Waals surface area contributed by atoms with E-state index in [0.29, 0.717) is 22.7 Å². The molecule has 22 heavy (non-hydrogen) atoms. The van der Waals surface area contributed by atoms with Crippen molar-refractivity contribution in [1.82, 2.24) is 15.3 Å². The molecule has 1 N–H and O–H groups in total. The molecular formula is C15H15FN4OS. The zero-order valence-electron chi connectivity index (χ0n) is 12.0. The lowest BCUT2D eigenvalue weighted by Gasteiger charge is -2.32. The lowest BCUT2D eigenvalue weighted by Crippen LogP contribution is -2.50. The van der Waals surface area contributed by atoms with E-state index >= 15 is 0 Å². The molecule has 3 aromatic rings. The van der Waals surface area contributed by atoms with E-state index in [-0.39, 0.29) is 11.9 Å². The van der Waals surface area contributed by atoms with Crippen molar-refractivity contribution in [2.24, 2.45) is 0 Å². The summed E-state index contributed by atoms with van der Waals surface area (Å²) in [5.41, 5.74) is 1.79. The number of piperazine rings is 1. The van der Waals surface area contributed by atoms with Crippen LogP contribution in [-0.2, 0) is 0 Å². The minimum atomic E-state index is -0.328. The molecule has 1 aliphatic heterocycles. The summed E-state index contributed by atoms with van der Waals surface area (Å²) in [6.07, 6.45) is 1.70. The highest BCUT2D eigenvalue weighted by Gasteiger charge is 2.24. The SMILES string of the molecule is C[C@H]1CNCCN1c1nc2cc(F)cc(-c3nccs3)c2o1. The van der Waals surface area contributed by atoms with Crippen LogP contribution < -0.4 is 10.2 Å². The van der Waals surface area contributed by atoms with Gasteiger partial charge in [-0.2, -0.15) is 4.98 Å². The van der Waals surface area contributed by atoms with Crippen LogP contribution in [0.2, 0.25) is 0 Å². The quantitative estimate of drug-likeness (QED) is 0.787. The number of benzene rings is 1. The highest BCUT2D eigenvalue weighted by Crippen LogP contribution is 2.34. The molecule has 0 amide bonds. The Morgan fingerprint density at radius 1 is 1.45 bits per heavy atom. The minimum absolute atomic E-state index is 0.287. The molecule has 0 saturated carbocycles. The Kier molecular flexibility index (Phi) is 3.31. The summed E-state index contributed by atoms with van der Waals surface area (Å²) in [6.45, 7) is 4.70.